The van der Waals surface area contributed by atoms with Crippen LogP contribution in [0.2, 0.25) is 5.02 Å². The molecule has 3 nitrogen and oxygen atoms in total. The Hall–Kier alpha value is -0.770. The van der Waals surface area contributed by atoms with Crippen LogP contribution in [-0.4, -0.2) is 11.4 Å². The number of benzene rings is 1. The quantitative estimate of drug-likeness (QED) is 0.881. The molecule has 2 aliphatic carbocycles. The Balaban J connectivity index is 0.00000147. The number of carbonyl (C=O) groups excluding carboxylic acids is 1. The molecule has 0 bridgehead atoms. The predicted octanol–water partition coefficient (Wildman–Crippen LogP) is 3.14. The van der Waals surface area contributed by atoms with Crippen LogP contribution in [0.5, 0.6) is 0 Å². The molecule has 3 rings (SSSR count). The maximum Gasteiger partial charge on any atom is 0.240 e. The topological polar surface area (TPSA) is 55.1 Å². The third kappa shape index (κ3) is 2.67. The van der Waals surface area contributed by atoms with Gasteiger partial charge in [-0.25, -0.2) is 0 Å². The molecule has 2 aliphatic rings. The average Bonchev–Trinajstić information content (AvgIpc) is 2.99. The summed E-state index contributed by atoms with van der Waals surface area (Å²) in [6.45, 7) is 0. The second kappa shape index (κ2) is 5.92. The van der Waals surface area contributed by atoms with Gasteiger partial charge in [-0.15, -0.1) is 12.4 Å². The minimum atomic E-state index is -0.651. The van der Waals surface area contributed by atoms with Gasteiger partial charge >= 0.3 is 0 Å². The SMILES string of the molecule is Cl.NC1(C(=O)NC2CCc3c(Cl)cccc32)CCCC1. The molecule has 20 heavy (non-hydrogen) atoms. The molecule has 0 spiro atoms. The lowest BCUT2D eigenvalue weighted by Gasteiger charge is -2.25. The molecule has 3 N–H and O–H groups in total. The summed E-state index contributed by atoms with van der Waals surface area (Å²) < 4.78 is 0. The summed E-state index contributed by atoms with van der Waals surface area (Å²) in [6.07, 6.45) is 5.55. The molecule has 0 aromatic heterocycles. The Labute approximate surface area is 130 Å². The van der Waals surface area contributed by atoms with Crippen molar-refractivity contribution in [3.8, 4) is 0 Å². The third-order valence-corrected chi connectivity index (χ3v) is 4.82. The van der Waals surface area contributed by atoms with Gasteiger partial charge in [-0.05, 0) is 42.9 Å². The summed E-state index contributed by atoms with van der Waals surface area (Å²) in [5, 5.41) is 3.93. The van der Waals surface area contributed by atoms with E-state index in [1.54, 1.807) is 0 Å². The van der Waals surface area contributed by atoms with Gasteiger partial charge in [0.15, 0.2) is 0 Å². The number of hydrogen-bond donors (Lipinski definition) is 2. The molecule has 0 aliphatic heterocycles. The number of amides is 1. The molecule has 110 valence electrons. The predicted molar refractivity (Wildman–Crippen MR) is 83.3 cm³/mol. The van der Waals surface area contributed by atoms with Crippen molar-refractivity contribution < 1.29 is 4.79 Å². The van der Waals surface area contributed by atoms with Crippen molar-refractivity contribution in [2.45, 2.75) is 50.1 Å². The monoisotopic (exact) mass is 314 g/mol. The van der Waals surface area contributed by atoms with Crippen LogP contribution in [0.4, 0.5) is 0 Å². The van der Waals surface area contributed by atoms with E-state index < -0.39 is 5.54 Å². The number of halogens is 2. The van der Waals surface area contributed by atoms with Crippen LogP contribution >= 0.6 is 24.0 Å². The largest absolute Gasteiger partial charge is 0.348 e. The van der Waals surface area contributed by atoms with E-state index in [2.05, 4.69) is 11.4 Å². The van der Waals surface area contributed by atoms with Gasteiger partial charge in [-0.1, -0.05) is 36.6 Å². The van der Waals surface area contributed by atoms with Crippen LogP contribution in [0, 0.1) is 0 Å². The Morgan fingerprint density at radius 1 is 1.35 bits per heavy atom. The minimum absolute atomic E-state index is 0. The number of carbonyl (C=O) groups is 1. The lowest BCUT2D eigenvalue weighted by Crippen LogP contribution is -2.52. The average molecular weight is 315 g/mol. The summed E-state index contributed by atoms with van der Waals surface area (Å²) in [6, 6.07) is 5.98. The molecular weight excluding hydrogens is 295 g/mol. The fourth-order valence-electron chi connectivity index (χ4n) is 3.29. The van der Waals surface area contributed by atoms with Gasteiger partial charge in [0.1, 0.15) is 0 Å². The fraction of sp³-hybridized carbons (Fsp3) is 0.533. The number of nitrogens with two attached hydrogens (primary N) is 1. The van der Waals surface area contributed by atoms with Crippen molar-refractivity contribution in [2.75, 3.05) is 0 Å². The van der Waals surface area contributed by atoms with Crippen molar-refractivity contribution in [1.82, 2.24) is 5.32 Å². The molecule has 0 heterocycles. The molecule has 0 radical (unpaired) electrons. The number of nitrogens with one attached hydrogen (secondary N) is 1. The molecule has 1 atom stereocenters. The minimum Gasteiger partial charge on any atom is -0.348 e. The smallest absolute Gasteiger partial charge is 0.240 e. The highest BCUT2D eigenvalue weighted by Gasteiger charge is 2.38. The first kappa shape index (κ1) is 15.6. The summed E-state index contributed by atoms with van der Waals surface area (Å²) in [7, 11) is 0. The molecule has 5 heteroatoms. The Morgan fingerprint density at radius 3 is 2.75 bits per heavy atom. The number of rotatable bonds is 2. The maximum absolute atomic E-state index is 12.3. The number of fused-ring (bicyclic) bond motifs is 1. The summed E-state index contributed by atoms with van der Waals surface area (Å²) in [4.78, 5) is 12.3. The standard InChI is InChI=1S/C15H19ClN2O.ClH/c16-12-5-3-4-11-10(12)6-7-13(11)18-14(19)15(17)8-1-2-9-15;/h3-5,13H,1-2,6-9,17H2,(H,18,19);1H. The normalized spacial score (nSPS) is 23.0. The number of hydrogen-bond acceptors (Lipinski definition) is 2. The van der Waals surface area contributed by atoms with E-state index in [0.29, 0.717) is 0 Å². The molecule has 1 amide bonds. The molecule has 1 unspecified atom stereocenters. The molecular formula is C15H20Cl2N2O. The first-order valence-corrected chi connectivity index (χ1v) is 7.35. The van der Waals surface area contributed by atoms with Crippen molar-refractivity contribution in [3.05, 3.63) is 34.3 Å². The van der Waals surface area contributed by atoms with Crippen molar-refractivity contribution in [2.24, 2.45) is 5.73 Å². The zero-order valence-electron chi connectivity index (χ0n) is 11.3. The first-order chi connectivity index (χ1) is 9.10. The summed E-state index contributed by atoms with van der Waals surface area (Å²) in [5.41, 5.74) is 7.87. The molecule has 1 aromatic rings. The Bertz CT molecular complexity index is 513. The third-order valence-electron chi connectivity index (χ3n) is 4.47. The molecule has 0 saturated heterocycles. The second-order valence-corrected chi connectivity index (χ2v) is 6.14. The van der Waals surface area contributed by atoms with E-state index in [1.165, 1.54) is 5.56 Å². The van der Waals surface area contributed by atoms with E-state index in [-0.39, 0.29) is 24.4 Å². The zero-order valence-corrected chi connectivity index (χ0v) is 12.9. The van der Waals surface area contributed by atoms with Crippen LogP contribution in [-0.2, 0) is 11.2 Å². The van der Waals surface area contributed by atoms with Crippen molar-refractivity contribution in [3.63, 3.8) is 0 Å². The van der Waals surface area contributed by atoms with Gasteiger partial charge in [0.2, 0.25) is 5.91 Å². The van der Waals surface area contributed by atoms with E-state index in [0.717, 1.165) is 49.1 Å². The van der Waals surface area contributed by atoms with Gasteiger partial charge in [-0.2, -0.15) is 0 Å². The van der Waals surface area contributed by atoms with Crippen LogP contribution < -0.4 is 11.1 Å². The first-order valence-electron chi connectivity index (χ1n) is 6.97. The Morgan fingerprint density at radius 2 is 2.05 bits per heavy atom. The van der Waals surface area contributed by atoms with Crippen molar-refractivity contribution in [1.29, 1.82) is 0 Å². The molecule has 1 saturated carbocycles. The van der Waals surface area contributed by atoms with Gasteiger partial charge in [0, 0.05) is 5.02 Å². The molecule has 1 aromatic carbocycles. The van der Waals surface area contributed by atoms with Crippen LogP contribution in [0.15, 0.2) is 18.2 Å². The zero-order chi connectivity index (χ0) is 13.5. The van der Waals surface area contributed by atoms with E-state index in [1.807, 2.05) is 12.1 Å². The molecule has 1 fully saturated rings. The highest BCUT2D eigenvalue weighted by Crippen LogP contribution is 2.36. The van der Waals surface area contributed by atoms with Gasteiger partial charge in [-0.3, -0.25) is 4.79 Å². The van der Waals surface area contributed by atoms with Gasteiger partial charge in [0.05, 0.1) is 11.6 Å². The fourth-order valence-corrected chi connectivity index (χ4v) is 3.57. The second-order valence-electron chi connectivity index (χ2n) is 5.74. The van der Waals surface area contributed by atoms with Crippen LogP contribution in [0.3, 0.4) is 0 Å². The van der Waals surface area contributed by atoms with Gasteiger partial charge < -0.3 is 11.1 Å². The van der Waals surface area contributed by atoms with Gasteiger partial charge in [0.25, 0.3) is 0 Å². The Kier molecular flexibility index (Phi) is 4.62. The van der Waals surface area contributed by atoms with E-state index in [9.17, 15) is 4.79 Å². The highest BCUT2D eigenvalue weighted by atomic mass is 35.5. The summed E-state index contributed by atoms with van der Waals surface area (Å²) >= 11 is 6.19. The maximum atomic E-state index is 12.3. The van der Waals surface area contributed by atoms with E-state index in [4.69, 9.17) is 17.3 Å². The lowest BCUT2D eigenvalue weighted by atomic mass is 9.97. The van der Waals surface area contributed by atoms with Crippen LogP contribution in [0.25, 0.3) is 0 Å². The van der Waals surface area contributed by atoms with E-state index >= 15 is 0 Å². The van der Waals surface area contributed by atoms with Crippen molar-refractivity contribution >= 4 is 29.9 Å². The van der Waals surface area contributed by atoms with Crippen LogP contribution in [0.1, 0.15) is 49.3 Å². The lowest BCUT2D eigenvalue weighted by molar-refractivity contribution is -0.126. The highest BCUT2D eigenvalue weighted by molar-refractivity contribution is 6.31. The summed E-state index contributed by atoms with van der Waals surface area (Å²) in [5.74, 6) is 0.00262.